The fourth-order valence-corrected chi connectivity index (χ4v) is 2.78. The summed E-state index contributed by atoms with van der Waals surface area (Å²) < 4.78 is 5.05. The van der Waals surface area contributed by atoms with Crippen molar-refractivity contribution in [1.82, 2.24) is 15.5 Å². The van der Waals surface area contributed by atoms with Crippen molar-refractivity contribution in [3.05, 3.63) is 35.4 Å². The molecule has 1 saturated heterocycles. The molecule has 0 spiro atoms. The summed E-state index contributed by atoms with van der Waals surface area (Å²) >= 11 is 0. The zero-order valence-electron chi connectivity index (χ0n) is 15.4. The average Bonchev–Trinajstić information content (AvgIpc) is 3.02. The molecule has 1 aromatic carbocycles. The lowest BCUT2D eigenvalue weighted by Gasteiger charge is -2.15. The minimum absolute atomic E-state index is 0.267. The summed E-state index contributed by atoms with van der Waals surface area (Å²) in [5.74, 6) is 1.09. The highest BCUT2D eigenvalue weighted by Crippen LogP contribution is 2.15. The van der Waals surface area contributed by atoms with E-state index in [1.807, 2.05) is 4.90 Å². The zero-order valence-corrected chi connectivity index (χ0v) is 15.4. The highest BCUT2D eigenvalue weighted by atomic mass is 16.5. The van der Waals surface area contributed by atoms with Crippen LogP contribution < -0.4 is 10.6 Å². The summed E-state index contributed by atoms with van der Waals surface area (Å²) in [6.07, 6.45) is 2.62. The zero-order chi connectivity index (χ0) is 17.9. The van der Waals surface area contributed by atoms with Crippen LogP contribution in [0, 0.1) is 0 Å². The van der Waals surface area contributed by atoms with E-state index in [1.165, 1.54) is 5.56 Å². The smallest absolute Gasteiger partial charge is 0.222 e. The Balaban J connectivity index is 1.84. The second kappa shape index (κ2) is 10.7. The van der Waals surface area contributed by atoms with Crippen molar-refractivity contribution >= 4 is 11.9 Å². The molecule has 1 amide bonds. The van der Waals surface area contributed by atoms with Gasteiger partial charge in [-0.05, 0) is 30.9 Å². The van der Waals surface area contributed by atoms with E-state index >= 15 is 0 Å². The van der Waals surface area contributed by atoms with E-state index in [2.05, 4.69) is 46.8 Å². The lowest BCUT2D eigenvalue weighted by atomic mass is 10.1. The van der Waals surface area contributed by atoms with Crippen LogP contribution in [0.3, 0.4) is 0 Å². The van der Waals surface area contributed by atoms with Gasteiger partial charge < -0.3 is 20.3 Å². The van der Waals surface area contributed by atoms with Crippen molar-refractivity contribution in [2.75, 3.05) is 33.4 Å². The third kappa shape index (κ3) is 6.74. The van der Waals surface area contributed by atoms with Gasteiger partial charge in [0.2, 0.25) is 5.91 Å². The predicted molar refractivity (Wildman–Crippen MR) is 100 cm³/mol. The first-order chi connectivity index (χ1) is 12.2. The summed E-state index contributed by atoms with van der Waals surface area (Å²) in [4.78, 5) is 18.2. The van der Waals surface area contributed by atoms with Gasteiger partial charge in [-0.25, -0.2) is 4.99 Å². The number of rotatable bonds is 9. The van der Waals surface area contributed by atoms with Gasteiger partial charge in [0.15, 0.2) is 5.96 Å². The van der Waals surface area contributed by atoms with Crippen molar-refractivity contribution in [3.8, 4) is 0 Å². The number of likely N-dealkylation sites (tertiary alicyclic amines) is 1. The lowest BCUT2D eigenvalue weighted by Crippen LogP contribution is -2.38. The molecule has 2 rings (SSSR count). The van der Waals surface area contributed by atoms with E-state index in [0.29, 0.717) is 19.5 Å². The van der Waals surface area contributed by atoms with E-state index in [4.69, 9.17) is 4.74 Å². The lowest BCUT2D eigenvalue weighted by molar-refractivity contribution is -0.128. The molecule has 1 heterocycles. The summed E-state index contributed by atoms with van der Waals surface area (Å²) in [7, 11) is 1.71. The Labute approximate surface area is 150 Å². The Morgan fingerprint density at radius 3 is 2.64 bits per heavy atom. The number of guanidine groups is 1. The van der Waals surface area contributed by atoms with Crippen LogP contribution >= 0.6 is 0 Å². The van der Waals surface area contributed by atoms with Crippen LogP contribution in [0.2, 0.25) is 0 Å². The molecule has 138 valence electrons. The van der Waals surface area contributed by atoms with Crippen LogP contribution in [0.4, 0.5) is 0 Å². The highest BCUT2D eigenvalue weighted by molar-refractivity contribution is 5.79. The second-order valence-electron chi connectivity index (χ2n) is 6.20. The van der Waals surface area contributed by atoms with Crippen LogP contribution in [-0.4, -0.2) is 50.1 Å². The molecule has 2 N–H and O–H groups in total. The Morgan fingerprint density at radius 2 is 2.00 bits per heavy atom. The Bertz CT molecular complexity index is 557. The Kier molecular flexibility index (Phi) is 8.25. The number of nitrogens with one attached hydrogen (secondary N) is 2. The normalized spacial score (nSPS) is 14.9. The molecule has 0 bridgehead atoms. The van der Waals surface area contributed by atoms with Gasteiger partial charge in [0.25, 0.3) is 0 Å². The van der Waals surface area contributed by atoms with Crippen LogP contribution in [0.15, 0.2) is 29.3 Å². The van der Waals surface area contributed by atoms with Crippen LogP contribution in [0.1, 0.15) is 37.3 Å². The molecule has 0 aliphatic carbocycles. The van der Waals surface area contributed by atoms with E-state index < -0.39 is 0 Å². The number of amides is 1. The molecule has 0 saturated carbocycles. The van der Waals surface area contributed by atoms with Gasteiger partial charge in [-0.15, -0.1) is 0 Å². The van der Waals surface area contributed by atoms with Crippen LogP contribution in [0.5, 0.6) is 0 Å². The quantitative estimate of drug-likeness (QED) is 0.407. The minimum Gasteiger partial charge on any atom is -0.385 e. The topological polar surface area (TPSA) is 66.0 Å². The highest BCUT2D eigenvalue weighted by Gasteiger charge is 2.19. The molecule has 6 heteroatoms. The number of carbonyl (C=O) groups is 1. The van der Waals surface area contributed by atoms with Gasteiger partial charge in [0.1, 0.15) is 0 Å². The van der Waals surface area contributed by atoms with Crippen LogP contribution in [-0.2, 0) is 22.6 Å². The molecule has 0 atom stereocenters. The van der Waals surface area contributed by atoms with E-state index in [-0.39, 0.29) is 5.91 Å². The standard InChI is InChI=1S/C19H30N4O2/c1-3-20-19(21-11-5-13-25-2)22-14-16-7-9-17(10-8-16)15-23-12-4-6-18(23)24/h7-10H,3-6,11-15H2,1-2H3,(H2,20,21,22). The van der Waals surface area contributed by atoms with Gasteiger partial charge in [-0.2, -0.15) is 0 Å². The maximum atomic E-state index is 11.7. The number of nitrogens with zero attached hydrogens (tertiary/aromatic N) is 2. The fraction of sp³-hybridized carbons (Fsp3) is 0.579. The second-order valence-corrected chi connectivity index (χ2v) is 6.20. The third-order valence-electron chi connectivity index (χ3n) is 4.15. The Morgan fingerprint density at radius 1 is 1.24 bits per heavy atom. The van der Waals surface area contributed by atoms with Crippen molar-refractivity contribution in [2.45, 2.75) is 39.3 Å². The summed E-state index contributed by atoms with van der Waals surface area (Å²) in [6, 6.07) is 8.37. The van der Waals surface area contributed by atoms with Crippen molar-refractivity contribution in [1.29, 1.82) is 0 Å². The van der Waals surface area contributed by atoms with Crippen molar-refractivity contribution in [2.24, 2.45) is 4.99 Å². The molecule has 1 aromatic rings. The van der Waals surface area contributed by atoms with E-state index in [9.17, 15) is 4.79 Å². The number of methoxy groups -OCH3 is 1. The van der Waals surface area contributed by atoms with E-state index in [0.717, 1.165) is 50.6 Å². The number of carbonyl (C=O) groups excluding carboxylic acids is 1. The molecule has 0 aromatic heterocycles. The monoisotopic (exact) mass is 346 g/mol. The molecule has 6 nitrogen and oxygen atoms in total. The summed E-state index contributed by atoms with van der Waals surface area (Å²) in [5, 5.41) is 6.55. The molecule has 1 fully saturated rings. The third-order valence-corrected chi connectivity index (χ3v) is 4.15. The summed E-state index contributed by atoms with van der Waals surface area (Å²) in [6.45, 7) is 6.69. The molecule has 1 aliphatic heterocycles. The van der Waals surface area contributed by atoms with Crippen LogP contribution in [0.25, 0.3) is 0 Å². The molecule has 1 aliphatic rings. The van der Waals surface area contributed by atoms with Gasteiger partial charge in [-0.3, -0.25) is 4.79 Å². The van der Waals surface area contributed by atoms with Crippen molar-refractivity contribution in [3.63, 3.8) is 0 Å². The fourth-order valence-electron chi connectivity index (χ4n) is 2.78. The molecule has 25 heavy (non-hydrogen) atoms. The van der Waals surface area contributed by atoms with Crippen molar-refractivity contribution < 1.29 is 9.53 Å². The molecule has 0 unspecified atom stereocenters. The number of aliphatic imine (C=N–C) groups is 1. The minimum atomic E-state index is 0.267. The number of ether oxygens (including phenoxy) is 1. The largest absolute Gasteiger partial charge is 0.385 e. The number of hydrogen-bond donors (Lipinski definition) is 2. The maximum Gasteiger partial charge on any atom is 0.222 e. The number of benzene rings is 1. The van der Waals surface area contributed by atoms with Gasteiger partial charge in [0, 0.05) is 46.3 Å². The predicted octanol–water partition coefficient (Wildman–Crippen LogP) is 1.90. The average molecular weight is 346 g/mol. The van der Waals surface area contributed by atoms with E-state index in [1.54, 1.807) is 7.11 Å². The van der Waals surface area contributed by atoms with Gasteiger partial charge in [0.05, 0.1) is 6.54 Å². The first-order valence-electron chi connectivity index (χ1n) is 9.09. The first kappa shape index (κ1) is 19.2. The first-order valence-corrected chi connectivity index (χ1v) is 9.09. The van der Waals surface area contributed by atoms with Gasteiger partial charge >= 0.3 is 0 Å². The SMILES string of the molecule is CCNC(=NCc1ccc(CN2CCCC2=O)cc1)NCCCOC. The Hall–Kier alpha value is -2.08. The maximum absolute atomic E-state index is 11.7. The summed E-state index contributed by atoms with van der Waals surface area (Å²) in [5.41, 5.74) is 2.33. The van der Waals surface area contributed by atoms with Gasteiger partial charge in [-0.1, -0.05) is 24.3 Å². The molecular weight excluding hydrogens is 316 g/mol. The molecular formula is C19H30N4O2. The molecule has 0 radical (unpaired) electrons. The number of hydrogen-bond acceptors (Lipinski definition) is 3.